The summed E-state index contributed by atoms with van der Waals surface area (Å²) in [4.78, 5) is 17.6. The number of nitrogens with zero attached hydrogens (tertiary/aromatic N) is 2. The van der Waals surface area contributed by atoms with Crippen molar-refractivity contribution in [3.8, 4) is 0 Å². The summed E-state index contributed by atoms with van der Waals surface area (Å²) < 4.78 is 26.6. The van der Waals surface area contributed by atoms with Gasteiger partial charge < -0.3 is 10.2 Å². The fourth-order valence-corrected chi connectivity index (χ4v) is 2.80. The van der Waals surface area contributed by atoms with Crippen LogP contribution in [-0.4, -0.2) is 29.9 Å². The van der Waals surface area contributed by atoms with Crippen LogP contribution in [-0.2, 0) is 17.8 Å². The molecule has 0 aliphatic rings. The maximum Gasteiger partial charge on any atom is 0.228 e. The van der Waals surface area contributed by atoms with E-state index in [0.29, 0.717) is 12.1 Å². The summed E-state index contributed by atoms with van der Waals surface area (Å²) >= 11 is 1.43. The third-order valence-electron chi connectivity index (χ3n) is 3.42. The first-order valence-electron chi connectivity index (χ1n) is 7.18. The van der Waals surface area contributed by atoms with E-state index >= 15 is 0 Å². The Bertz CT molecular complexity index is 688. The van der Waals surface area contributed by atoms with E-state index in [4.69, 9.17) is 0 Å². The van der Waals surface area contributed by atoms with E-state index < -0.39 is 11.6 Å². The molecular weight excluding hydrogens is 320 g/mol. The zero-order valence-corrected chi connectivity index (χ0v) is 14.1. The molecule has 0 unspecified atom stereocenters. The van der Waals surface area contributed by atoms with Crippen LogP contribution in [0.1, 0.15) is 29.2 Å². The number of halogens is 2. The summed E-state index contributed by atoms with van der Waals surface area (Å²) in [6.07, 6.45) is 0.278. The van der Waals surface area contributed by atoms with Gasteiger partial charge in [-0.25, -0.2) is 13.8 Å². The summed E-state index contributed by atoms with van der Waals surface area (Å²) in [7, 11) is 3.41. The second-order valence-electron chi connectivity index (χ2n) is 5.47. The molecular formula is C16H19F2N3OS. The standard InChI is InChI=1S/C16H19F2N3OS/c1-10(13-5-4-11(17)6-14(13)18)19-8-12-9-23-15(20-12)7-16(22)21(2)3/h4-6,9-10,19H,7-8H2,1-3H3/t10-/m1/s1. The monoisotopic (exact) mass is 339 g/mol. The molecule has 7 heteroatoms. The average molecular weight is 339 g/mol. The Labute approximate surface area is 138 Å². The van der Waals surface area contributed by atoms with Gasteiger partial charge in [0.25, 0.3) is 0 Å². The summed E-state index contributed by atoms with van der Waals surface area (Å²) in [5.41, 5.74) is 1.20. The van der Waals surface area contributed by atoms with Crippen LogP contribution in [0.2, 0.25) is 0 Å². The van der Waals surface area contributed by atoms with E-state index in [9.17, 15) is 13.6 Å². The summed E-state index contributed by atoms with van der Waals surface area (Å²) in [6, 6.07) is 3.28. The van der Waals surface area contributed by atoms with E-state index in [1.54, 1.807) is 21.0 Å². The van der Waals surface area contributed by atoms with Gasteiger partial charge in [0.2, 0.25) is 5.91 Å². The zero-order valence-electron chi connectivity index (χ0n) is 13.3. The molecule has 4 nitrogen and oxygen atoms in total. The van der Waals surface area contributed by atoms with Crippen molar-refractivity contribution in [2.75, 3.05) is 14.1 Å². The normalized spacial score (nSPS) is 12.2. The van der Waals surface area contributed by atoms with Crippen LogP contribution in [0.15, 0.2) is 23.6 Å². The molecule has 0 aliphatic heterocycles. The van der Waals surface area contributed by atoms with Crippen molar-refractivity contribution < 1.29 is 13.6 Å². The third kappa shape index (κ3) is 4.80. The van der Waals surface area contributed by atoms with Gasteiger partial charge in [-0.05, 0) is 13.0 Å². The number of amides is 1. The lowest BCUT2D eigenvalue weighted by molar-refractivity contribution is -0.127. The maximum atomic E-state index is 13.7. The Morgan fingerprint density at radius 3 is 2.78 bits per heavy atom. The summed E-state index contributed by atoms with van der Waals surface area (Å²) in [5, 5.41) is 5.78. The van der Waals surface area contributed by atoms with Crippen LogP contribution in [0.5, 0.6) is 0 Å². The third-order valence-corrected chi connectivity index (χ3v) is 4.32. The van der Waals surface area contributed by atoms with Crippen LogP contribution in [0.3, 0.4) is 0 Å². The molecule has 2 aromatic rings. The molecule has 1 amide bonds. The van der Waals surface area contributed by atoms with Crippen LogP contribution < -0.4 is 5.32 Å². The van der Waals surface area contributed by atoms with E-state index in [1.807, 2.05) is 5.38 Å². The molecule has 0 aliphatic carbocycles. The first-order valence-corrected chi connectivity index (χ1v) is 8.06. The molecule has 0 radical (unpaired) electrons. The number of benzene rings is 1. The number of carbonyl (C=O) groups is 1. The van der Waals surface area contributed by atoms with Gasteiger partial charge in [-0.2, -0.15) is 0 Å². The van der Waals surface area contributed by atoms with E-state index in [-0.39, 0.29) is 18.4 Å². The number of hydrogen-bond acceptors (Lipinski definition) is 4. The minimum Gasteiger partial charge on any atom is -0.348 e. The van der Waals surface area contributed by atoms with Gasteiger partial charge in [0.1, 0.15) is 16.6 Å². The van der Waals surface area contributed by atoms with Crippen molar-refractivity contribution in [3.63, 3.8) is 0 Å². The highest BCUT2D eigenvalue weighted by Crippen LogP contribution is 2.19. The van der Waals surface area contributed by atoms with E-state index in [2.05, 4.69) is 10.3 Å². The first kappa shape index (κ1) is 17.5. The average Bonchev–Trinajstić information content (AvgIpc) is 2.92. The van der Waals surface area contributed by atoms with Crippen molar-refractivity contribution in [2.24, 2.45) is 0 Å². The van der Waals surface area contributed by atoms with Crippen LogP contribution in [0, 0.1) is 11.6 Å². The van der Waals surface area contributed by atoms with Crippen molar-refractivity contribution in [3.05, 3.63) is 51.5 Å². The molecule has 0 saturated carbocycles. The molecule has 0 bridgehead atoms. The Morgan fingerprint density at radius 1 is 1.39 bits per heavy atom. The minimum absolute atomic E-state index is 0.000565. The summed E-state index contributed by atoms with van der Waals surface area (Å²) in [5.74, 6) is -1.16. The fourth-order valence-electron chi connectivity index (χ4n) is 2.02. The van der Waals surface area contributed by atoms with Crippen molar-refractivity contribution >= 4 is 17.2 Å². The van der Waals surface area contributed by atoms with Gasteiger partial charge in [-0.1, -0.05) is 6.07 Å². The summed E-state index contributed by atoms with van der Waals surface area (Å²) in [6.45, 7) is 2.25. The zero-order chi connectivity index (χ0) is 17.0. The fraction of sp³-hybridized carbons (Fsp3) is 0.375. The van der Waals surface area contributed by atoms with Gasteiger partial charge in [0.05, 0.1) is 12.1 Å². The molecule has 0 spiro atoms. The number of aromatic nitrogens is 1. The lowest BCUT2D eigenvalue weighted by Gasteiger charge is -2.14. The highest BCUT2D eigenvalue weighted by atomic mass is 32.1. The second-order valence-corrected chi connectivity index (χ2v) is 6.41. The number of thiazole rings is 1. The van der Waals surface area contributed by atoms with Crippen molar-refractivity contribution in [1.82, 2.24) is 15.2 Å². The number of hydrogen-bond donors (Lipinski definition) is 1. The topological polar surface area (TPSA) is 45.2 Å². The number of likely N-dealkylation sites (N-methyl/N-ethyl adjacent to an activating group) is 1. The predicted octanol–water partition coefficient (Wildman–Crippen LogP) is 2.90. The molecule has 124 valence electrons. The predicted molar refractivity (Wildman–Crippen MR) is 86.1 cm³/mol. The Kier molecular flexibility index (Phi) is 5.79. The molecule has 1 N–H and O–H groups in total. The largest absolute Gasteiger partial charge is 0.348 e. The molecule has 1 aromatic heterocycles. The Hall–Kier alpha value is -1.86. The van der Waals surface area contributed by atoms with Gasteiger partial charge in [-0.3, -0.25) is 4.79 Å². The maximum absolute atomic E-state index is 13.7. The lowest BCUT2D eigenvalue weighted by Crippen LogP contribution is -2.23. The molecule has 2 rings (SSSR count). The van der Waals surface area contributed by atoms with E-state index in [1.165, 1.54) is 28.4 Å². The van der Waals surface area contributed by atoms with Crippen LogP contribution in [0.4, 0.5) is 8.78 Å². The van der Waals surface area contributed by atoms with Gasteiger partial charge >= 0.3 is 0 Å². The molecule has 0 saturated heterocycles. The minimum atomic E-state index is -0.590. The Morgan fingerprint density at radius 2 is 2.13 bits per heavy atom. The molecule has 1 aromatic carbocycles. The molecule has 1 atom stereocenters. The smallest absolute Gasteiger partial charge is 0.228 e. The van der Waals surface area contributed by atoms with Crippen LogP contribution in [0.25, 0.3) is 0 Å². The quantitative estimate of drug-likeness (QED) is 0.880. The molecule has 23 heavy (non-hydrogen) atoms. The van der Waals surface area contributed by atoms with Gasteiger partial charge in [-0.15, -0.1) is 11.3 Å². The number of carbonyl (C=O) groups excluding carboxylic acids is 1. The highest BCUT2D eigenvalue weighted by molar-refractivity contribution is 7.09. The van der Waals surface area contributed by atoms with Crippen molar-refractivity contribution in [1.29, 1.82) is 0 Å². The number of rotatable bonds is 6. The molecule has 0 fully saturated rings. The second kappa shape index (κ2) is 7.61. The van der Waals surface area contributed by atoms with Crippen LogP contribution >= 0.6 is 11.3 Å². The SMILES string of the molecule is C[C@@H](NCc1csc(CC(=O)N(C)C)n1)c1ccc(F)cc1F. The lowest BCUT2D eigenvalue weighted by atomic mass is 10.1. The van der Waals surface area contributed by atoms with Gasteiger partial charge in [0, 0.05) is 43.7 Å². The van der Waals surface area contributed by atoms with Gasteiger partial charge in [0.15, 0.2) is 0 Å². The Balaban J connectivity index is 1.93. The van der Waals surface area contributed by atoms with E-state index in [0.717, 1.165) is 16.8 Å². The van der Waals surface area contributed by atoms with Crippen molar-refractivity contribution in [2.45, 2.75) is 25.9 Å². The first-order chi connectivity index (χ1) is 10.9. The number of nitrogens with one attached hydrogen (secondary N) is 1. The highest BCUT2D eigenvalue weighted by Gasteiger charge is 2.13. The molecule has 1 heterocycles.